The predicted molar refractivity (Wildman–Crippen MR) is 118 cm³/mol. The van der Waals surface area contributed by atoms with Gasteiger partial charge in [0.15, 0.2) is 6.29 Å². The molecule has 1 aromatic rings. The molecule has 1 rings (SSSR count). The van der Waals surface area contributed by atoms with Gasteiger partial charge in [-0.2, -0.15) is 0 Å². The van der Waals surface area contributed by atoms with E-state index in [4.69, 9.17) is 20.4 Å². The van der Waals surface area contributed by atoms with Crippen molar-refractivity contribution in [3.05, 3.63) is 23.8 Å². The van der Waals surface area contributed by atoms with E-state index in [1.165, 1.54) is 6.92 Å². The van der Waals surface area contributed by atoms with Crippen LogP contribution in [0.2, 0.25) is 0 Å². The highest BCUT2D eigenvalue weighted by Crippen LogP contribution is 2.34. The number of carbonyl (C=O) groups excluding carboxylic acids is 3. The van der Waals surface area contributed by atoms with E-state index in [9.17, 15) is 19.5 Å². The molecule has 0 aliphatic heterocycles. The second-order valence-corrected chi connectivity index (χ2v) is 7.98. The number of nitrogens with one attached hydrogen (secondary N) is 3. The van der Waals surface area contributed by atoms with Crippen LogP contribution in [-0.4, -0.2) is 82.0 Å². The minimum Gasteiger partial charge on any atom is -0.394 e. The van der Waals surface area contributed by atoms with Gasteiger partial charge in [-0.1, -0.05) is 0 Å². The van der Waals surface area contributed by atoms with Crippen LogP contribution in [0.4, 0.5) is 5.69 Å². The lowest BCUT2D eigenvalue weighted by atomic mass is 9.99. The fourth-order valence-electron chi connectivity index (χ4n) is 2.27. The normalized spacial score (nSPS) is 11.9. The number of aliphatic hydroxyl groups is 5. The van der Waals surface area contributed by atoms with E-state index in [0.717, 1.165) is 0 Å². The van der Waals surface area contributed by atoms with Crippen molar-refractivity contribution in [3.8, 4) is 0 Å². The molecule has 13 heteroatoms. The van der Waals surface area contributed by atoms with E-state index in [1.54, 1.807) is 22.6 Å². The zero-order chi connectivity index (χ0) is 22.3. The van der Waals surface area contributed by atoms with Crippen LogP contribution in [-0.2, 0) is 4.79 Å². The van der Waals surface area contributed by atoms with Crippen LogP contribution in [0.1, 0.15) is 26.3 Å². The van der Waals surface area contributed by atoms with Crippen LogP contribution in [0, 0.1) is 14.1 Å². The third-order valence-corrected chi connectivity index (χ3v) is 5.80. The molecule has 0 spiro atoms. The second-order valence-electron chi connectivity index (χ2n) is 5.82. The summed E-state index contributed by atoms with van der Waals surface area (Å²) in [5, 5.41) is 52.5. The van der Waals surface area contributed by atoms with Gasteiger partial charge < -0.3 is 41.5 Å². The largest absolute Gasteiger partial charge is 0.394 e. The molecular formula is C16H21I2N3O8. The van der Waals surface area contributed by atoms with Crippen LogP contribution < -0.4 is 16.0 Å². The average Bonchev–Trinajstić information content (AvgIpc) is 2.67. The molecule has 29 heavy (non-hydrogen) atoms. The van der Waals surface area contributed by atoms with Crippen molar-refractivity contribution < 1.29 is 39.9 Å². The summed E-state index contributed by atoms with van der Waals surface area (Å²) < 4.78 is 0.573. The molecule has 1 aromatic carbocycles. The van der Waals surface area contributed by atoms with Crippen LogP contribution in [0.15, 0.2) is 0 Å². The zero-order valence-corrected chi connectivity index (χ0v) is 19.5. The van der Waals surface area contributed by atoms with Crippen molar-refractivity contribution >= 4 is 68.6 Å². The summed E-state index contributed by atoms with van der Waals surface area (Å²) in [5.74, 6) is -2.13. The van der Waals surface area contributed by atoms with Gasteiger partial charge in [-0.3, -0.25) is 14.4 Å². The van der Waals surface area contributed by atoms with Crippen molar-refractivity contribution in [2.24, 2.45) is 0 Å². The molecule has 0 fully saturated rings. The van der Waals surface area contributed by atoms with E-state index >= 15 is 0 Å². The van der Waals surface area contributed by atoms with Gasteiger partial charge in [-0.15, -0.1) is 0 Å². The number of rotatable bonds is 9. The molecule has 3 amide bonds. The first kappa shape index (κ1) is 25.9. The molecule has 0 aliphatic rings. The highest BCUT2D eigenvalue weighted by molar-refractivity contribution is 14.1. The molecule has 0 saturated heterocycles. The highest BCUT2D eigenvalue weighted by atomic mass is 127. The highest BCUT2D eigenvalue weighted by Gasteiger charge is 2.27. The second kappa shape index (κ2) is 11.9. The van der Waals surface area contributed by atoms with Gasteiger partial charge >= 0.3 is 0 Å². The van der Waals surface area contributed by atoms with Crippen molar-refractivity contribution in [1.29, 1.82) is 0 Å². The number of carbonyl (C=O) groups is 3. The Hall–Kier alpha value is -1.11. The lowest BCUT2D eigenvalue weighted by Gasteiger charge is -2.20. The Morgan fingerprint density at radius 1 is 0.931 bits per heavy atom. The van der Waals surface area contributed by atoms with E-state index in [2.05, 4.69) is 16.0 Å². The smallest absolute Gasteiger partial charge is 0.252 e. The van der Waals surface area contributed by atoms with E-state index in [0.29, 0.717) is 3.57 Å². The molecule has 8 N–H and O–H groups in total. The number of hydrogen-bond donors (Lipinski definition) is 8. The van der Waals surface area contributed by atoms with Gasteiger partial charge in [0, 0.05) is 6.54 Å². The fraction of sp³-hybridized carbons (Fsp3) is 0.438. The maximum Gasteiger partial charge on any atom is 0.252 e. The fourth-order valence-corrected chi connectivity index (χ4v) is 4.89. The molecule has 0 heterocycles. The number of hydrogen-bond acceptors (Lipinski definition) is 8. The Morgan fingerprint density at radius 2 is 1.41 bits per heavy atom. The van der Waals surface area contributed by atoms with Gasteiger partial charge in [0.2, 0.25) is 5.91 Å². The predicted octanol–water partition coefficient (Wildman–Crippen LogP) is -1.74. The summed E-state index contributed by atoms with van der Waals surface area (Å²) in [7, 11) is 0. The van der Waals surface area contributed by atoms with Crippen LogP contribution in [0.25, 0.3) is 0 Å². The molecule has 0 saturated carbocycles. The third-order valence-electron chi connectivity index (χ3n) is 3.64. The first-order chi connectivity index (χ1) is 13.5. The number of benzene rings is 1. The first-order valence-electron chi connectivity index (χ1n) is 8.18. The van der Waals surface area contributed by atoms with Gasteiger partial charge in [0.1, 0.15) is 6.61 Å². The molecule has 162 valence electrons. The van der Waals surface area contributed by atoms with Crippen molar-refractivity contribution in [2.75, 3.05) is 31.6 Å². The lowest BCUT2D eigenvalue weighted by molar-refractivity contribution is -0.118. The minimum atomic E-state index is -1.78. The van der Waals surface area contributed by atoms with Crippen LogP contribution >= 0.6 is 45.2 Å². The Labute approximate surface area is 193 Å². The quantitative estimate of drug-likeness (QED) is 0.116. The van der Waals surface area contributed by atoms with E-state index < -0.39 is 49.9 Å². The van der Waals surface area contributed by atoms with E-state index in [-0.39, 0.29) is 32.5 Å². The van der Waals surface area contributed by atoms with Crippen LogP contribution in [0.3, 0.4) is 0 Å². The maximum atomic E-state index is 12.7. The number of anilines is 1. The van der Waals surface area contributed by atoms with Gasteiger partial charge in [0.25, 0.3) is 11.8 Å². The number of amides is 3. The third kappa shape index (κ3) is 6.97. The van der Waals surface area contributed by atoms with Gasteiger partial charge in [-0.25, -0.2) is 0 Å². The van der Waals surface area contributed by atoms with Gasteiger partial charge in [-0.05, 0) is 57.7 Å². The molecule has 0 aromatic heterocycles. The monoisotopic (exact) mass is 637 g/mol. The summed E-state index contributed by atoms with van der Waals surface area (Å²) in [6, 6.07) is 0. The molecule has 0 aliphatic carbocycles. The van der Waals surface area contributed by atoms with E-state index in [1.807, 2.05) is 22.6 Å². The van der Waals surface area contributed by atoms with Crippen LogP contribution in [0.5, 0.6) is 0 Å². The Balaban J connectivity index is 3.51. The molecule has 0 radical (unpaired) electrons. The number of aliphatic hydroxyl groups excluding tert-OH is 4. The Kier molecular flexibility index (Phi) is 10.7. The molecule has 1 atom stereocenters. The Bertz CT molecular complexity index is 788. The molecule has 11 nitrogen and oxygen atoms in total. The summed E-state index contributed by atoms with van der Waals surface area (Å²) in [5.41, 5.74) is 0.437. The lowest BCUT2D eigenvalue weighted by Crippen LogP contribution is -2.36. The SMILES string of the molecule is Cc1c(C(=O)NCC(O)O)c(I)c(NC(=O)CO)c(I)c1C(=O)NCC(O)CO. The summed E-state index contributed by atoms with van der Waals surface area (Å²) in [4.78, 5) is 37.0. The summed E-state index contributed by atoms with van der Waals surface area (Å²) in [6.07, 6.45) is -2.96. The average molecular weight is 637 g/mol. The summed E-state index contributed by atoms with van der Waals surface area (Å²) in [6.45, 7) is -0.569. The van der Waals surface area contributed by atoms with Crippen molar-refractivity contribution in [3.63, 3.8) is 0 Å². The van der Waals surface area contributed by atoms with Crippen molar-refractivity contribution in [1.82, 2.24) is 10.6 Å². The first-order valence-corrected chi connectivity index (χ1v) is 10.3. The number of halogens is 2. The molecule has 1 unspecified atom stereocenters. The minimum absolute atomic E-state index is 0.0211. The summed E-state index contributed by atoms with van der Waals surface area (Å²) >= 11 is 3.61. The molecule has 0 bridgehead atoms. The topological polar surface area (TPSA) is 188 Å². The molecular weight excluding hydrogens is 616 g/mol. The zero-order valence-electron chi connectivity index (χ0n) is 15.2. The Morgan fingerprint density at radius 3 is 1.83 bits per heavy atom. The van der Waals surface area contributed by atoms with Crippen molar-refractivity contribution in [2.45, 2.75) is 19.3 Å². The standard InChI is InChI=1S/C16H21I2N3O8/c1-6-10(15(28)19-2-7(24)4-22)12(17)14(21-8(25)5-23)13(18)11(6)16(29)20-3-9(26)27/h7,9,22-24,26-27H,2-5H2,1H3,(H,19,28)(H,20,29)(H,21,25). The van der Waals surface area contributed by atoms with Gasteiger partial charge in [0.05, 0.1) is 43.2 Å². The maximum absolute atomic E-state index is 12.7.